The second-order valence-corrected chi connectivity index (χ2v) is 5.59. The van der Waals surface area contributed by atoms with Gasteiger partial charge in [-0.25, -0.2) is 13.8 Å². The normalized spacial score (nSPS) is 13.5. The number of aromatic nitrogens is 2. The smallest absolute Gasteiger partial charge is 0.251 e. The molecule has 0 aliphatic carbocycles. The zero-order chi connectivity index (χ0) is 15.6. The van der Waals surface area contributed by atoms with Gasteiger partial charge in [-0.2, -0.15) is 0 Å². The molecule has 0 amide bonds. The number of fused-ring (bicyclic) bond motifs is 1. The molecule has 1 aromatic carbocycles. The fourth-order valence-electron chi connectivity index (χ4n) is 2.41. The quantitative estimate of drug-likeness (QED) is 0.889. The maximum atomic E-state index is 12.3. The summed E-state index contributed by atoms with van der Waals surface area (Å²) in [5.41, 5.74) is 4.17. The van der Waals surface area contributed by atoms with Crippen LogP contribution in [-0.4, -0.2) is 52.2 Å². The van der Waals surface area contributed by atoms with E-state index in [-0.39, 0.29) is 13.1 Å². The van der Waals surface area contributed by atoms with Crippen molar-refractivity contribution in [3.05, 3.63) is 29.6 Å². The zero-order valence-electron chi connectivity index (χ0n) is 12.6. The molecule has 1 heterocycles. The predicted molar refractivity (Wildman–Crippen MR) is 78.7 cm³/mol. The molecular formula is C15H21F2N3O. The second kappa shape index (κ2) is 6.49. The molecule has 0 fully saturated rings. The summed E-state index contributed by atoms with van der Waals surface area (Å²) in [6.45, 7) is 4.27. The molecule has 0 bridgehead atoms. The minimum Gasteiger partial charge on any atom is -0.390 e. The molecule has 1 N–H and O–H groups in total. The standard InChI is InChI=1S/C15H21F2N3O/c1-10-4-13-14(5-11(10)2)20(9-18-13)7-12(21)6-19(3)8-15(16)17/h4-5,9,12,15,21H,6-8H2,1-3H3. The number of hydrogen-bond acceptors (Lipinski definition) is 3. The third-order valence-corrected chi connectivity index (χ3v) is 3.62. The highest BCUT2D eigenvalue weighted by Gasteiger charge is 2.14. The number of rotatable bonds is 6. The second-order valence-electron chi connectivity index (χ2n) is 5.59. The first-order valence-electron chi connectivity index (χ1n) is 6.93. The van der Waals surface area contributed by atoms with E-state index in [1.54, 1.807) is 13.4 Å². The van der Waals surface area contributed by atoms with Crippen LogP contribution in [-0.2, 0) is 6.54 Å². The van der Waals surface area contributed by atoms with Crippen molar-refractivity contribution in [2.45, 2.75) is 32.9 Å². The van der Waals surface area contributed by atoms with Gasteiger partial charge in [0.25, 0.3) is 6.43 Å². The number of likely N-dealkylation sites (N-methyl/N-ethyl adjacent to an activating group) is 1. The molecule has 0 radical (unpaired) electrons. The van der Waals surface area contributed by atoms with Gasteiger partial charge in [-0.15, -0.1) is 0 Å². The number of benzene rings is 1. The Bertz CT molecular complexity index is 612. The maximum absolute atomic E-state index is 12.3. The average molecular weight is 297 g/mol. The minimum absolute atomic E-state index is 0.203. The molecule has 4 nitrogen and oxygen atoms in total. The monoisotopic (exact) mass is 297 g/mol. The molecule has 0 saturated carbocycles. The van der Waals surface area contributed by atoms with Crippen LogP contribution in [0.15, 0.2) is 18.5 Å². The van der Waals surface area contributed by atoms with E-state index >= 15 is 0 Å². The van der Waals surface area contributed by atoms with Crippen LogP contribution in [0.3, 0.4) is 0 Å². The van der Waals surface area contributed by atoms with Crippen molar-refractivity contribution in [2.24, 2.45) is 0 Å². The highest BCUT2D eigenvalue weighted by atomic mass is 19.3. The van der Waals surface area contributed by atoms with Gasteiger partial charge >= 0.3 is 0 Å². The van der Waals surface area contributed by atoms with E-state index in [9.17, 15) is 13.9 Å². The van der Waals surface area contributed by atoms with Gasteiger partial charge in [0.2, 0.25) is 0 Å². The topological polar surface area (TPSA) is 41.3 Å². The molecular weight excluding hydrogens is 276 g/mol. The third kappa shape index (κ3) is 3.98. The van der Waals surface area contributed by atoms with Crippen LogP contribution in [0.5, 0.6) is 0 Å². The van der Waals surface area contributed by atoms with Crippen molar-refractivity contribution < 1.29 is 13.9 Å². The molecule has 21 heavy (non-hydrogen) atoms. The molecule has 1 unspecified atom stereocenters. The number of hydrogen-bond donors (Lipinski definition) is 1. The molecule has 1 aromatic heterocycles. The van der Waals surface area contributed by atoms with Crippen molar-refractivity contribution in [1.29, 1.82) is 0 Å². The summed E-state index contributed by atoms with van der Waals surface area (Å²) in [4.78, 5) is 5.75. The largest absolute Gasteiger partial charge is 0.390 e. The Labute approximate surface area is 123 Å². The van der Waals surface area contributed by atoms with Gasteiger partial charge in [0.05, 0.1) is 36.6 Å². The van der Waals surface area contributed by atoms with Gasteiger partial charge in [0.15, 0.2) is 0 Å². The van der Waals surface area contributed by atoms with Gasteiger partial charge in [0, 0.05) is 6.54 Å². The van der Waals surface area contributed by atoms with Gasteiger partial charge in [-0.1, -0.05) is 0 Å². The highest BCUT2D eigenvalue weighted by Crippen LogP contribution is 2.18. The van der Waals surface area contributed by atoms with E-state index in [0.29, 0.717) is 6.54 Å². The Hall–Kier alpha value is -1.53. The van der Waals surface area contributed by atoms with Crippen LogP contribution in [0.4, 0.5) is 8.78 Å². The summed E-state index contributed by atoms with van der Waals surface area (Å²) in [5.74, 6) is 0. The molecule has 0 saturated heterocycles. The Kier molecular flexibility index (Phi) is 4.90. The van der Waals surface area contributed by atoms with Crippen LogP contribution in [0.25, 0.3) is 11.0 Å². The van der Waals surface area contributed by atoms with E-state index < -0.39 is 12.5 Å². The van der Waals surface area contributed by atoms with Crippen molar-refractivity contribution in [3.8, 4) is 0 Å². The Balaban J connectivity index is 2.07. The number of alkyl halides is 2. The molecule has 0 spiro atoms. The highest BCUT2D eigenvalue weighted by molar-refractivity contribution is 5.77. The van der Waals surface area contributed by atoms with Gasteiger partial charge in [-0.3, -0.25) is 4.90 Å². The van der Waals surface area contributed by atoms with Crippen LogP contribution in [0.1, 0.15) is 11.1 Å². The molecule has 2 aromatic rings. The van der Waals surface area contributed by atoms with E-state index in [1.807, 2.05) is 30.5 Å². The Morgan fingerprint density at radius 3 is 2.57 bits per heavy atom. The number of imidazole rings is 1. The molecule has 1 atom stereocenters. The average Bonchev–Trinajstić information content (AvgIpc) is 2.71. The van der Waals surface area contributed by atoms with E-state index in [0.717, 1.165) is 16.6 Å². The van der Waals surface area contributed by atoms with Crippen molar-refractivity contribution in [2.75, 3.05) is 20.1 Å². The van der Waals surface area contributed by atoms with Crippen molar-refractivity contribution >= 4 is 11.0 Å². The molecule has 2 rings (SSSR count). The van der Waals surface area contributed by atoms with Crippen LogP contribution in [0.2, 0.25) is 0 Å². The number of halogens is 2. The van der Waals surface area contributed by atoms with Crippen LogP contribution >= 0.6 is 0 Å². The SMILES string of the molecule is Cc1cc2ncn(CC(O)CN(C)CC(F)F)c2cc1C. The predicted octanol–water partition coefficient (Wildman–Crippen LogP) is 2.21. The lowest BCUT2D eigenvalue weighted by atomic mass is 10.1. The fraction of sp³-hybridized carbons (Fsp3) is 0.533. The van der Waals surface area contributed by atoms with Gasteiger partial charge in [-0.05, 0) is 44.2 Å². The van der Waals surface area contributed by atoms with E-state index in [4.69, 9.17) is 0 Å². The maximum Gasteiger partial charge on any atom is 0.251 e. The summed E-state index contributed by atoms with van der Waals surface area (Å²) >= 11 is 0. The van der Waals surface area contributed by atoms with Crippen molar-refractivity contribution in [1.82, 2.24) is 14.5 Å². The van der Waals surface area contributed by atoms with E-state index in [2.05, 4.69) is 4.98 Å². The van der Waals surface area contributed by atoms with Gasteiger partial charge < -0.3 is 9.67 Å². The first kappa shape index (κ1) is 15.9. The third-order valence-electron chi connectivity index (χ3n) is 3.62. The van der Waals surface area contributed by atoms with Crippen LogP contribution < -0.4 is 0 Å². The molecule has 116 valence electrons. The number of aryl methyl sites for hydroxylation is 2. The Morgan fingerprint density at radius 2 is 1.90 bits per heavy atom. The zero-order valence-corrected chi connectivity index (χ0v) is 12.6. The number of aliphatic hydroxyl groups is 1. The Morgan fingerprint density at radius 1 is 1.24 bits per heavy atom. The first-order chi connectivity index (χ1) is 9.86. The minimum atomic E-state index is -2.39. The summed E-state index contributed by atoms with van der Waals surface area (Å²) in [5, 5.41) is 10.1. The molecule has 0 aliphatic heterocycles. The lowest BCUT2D eigenvalue weighted by molar-refractivity contribution is 0.0626. The lowest BCUT2D eigenvalue weighted by Gasteiger charge is -2.20. The summed E-state index contributed by atoms with van der Waals surface area (Å²) in [7, 11) is 1.58. The first-order valence-corrected chi connectivity index (χ1v) is 6.93. The van der Waals surface area contributed by atoms with Crippen molar-refractivity contribution in [3.63, 3.8) is 0 Å². The number of aliphatic hydroxyl groups excluding tert-OH is 1. The summed E-state index contributed by atoms with van der Waals surface area (Å²) in [6, 6.07) is 4.05. The summed E-state index contributed by atoms with van der Waals surface area (Å²) in [6.07, 6.45) is -1.42. The fourth-order valence-corrected chi connectivity index (χ4v) is 2.41. The molecule has 0 aliphatic rings. The lowest BCUT2D eigenvalue weighted by Crippen LogP contribution is -2.34. The van der Waals surface area contributed by atoms with E-state index in [1.165, 1.54) is 10.5 Å². The van der Waals surface area contributed by atoms with Crippen LogP contribution in [0, 0.1) is 13.8 Å². The van der Waals surface area contributed by atoms with Gasteiger partial charge in [0.1, 0.15) is 0 Å². The number of nitrogens with zero attached hydrogens (tertiary/aromatic N) is 3. The summed E-state index contributed by atoms with van der Waals surface area (Å²) < 4.78 is 26.4. The molecule has 6 heteroatoms.